The molecule has 0 saturated carbocycles. The zero-order chi connectivity index (χ0) is 30.3. The van der Waals surface area contributed by atoms with Crippen LogP contribution in [0.25, 0.3) is 17.0 Å². The molecule has 5 rings (SSSR count). The van der Waals surface area contributed by atoms with Crippen LogP contribution in [0.15, 0.2) is 95.4 Å². The Labute approximate surface area is 249 Å². The Balaban J connectivity index is 1.33. The molecule has 4 aromatic carbocycles. The average Bonchev–Trinajstić information content (AvgIpc) is 3.38. The van der Waals surface area contributed by atoms with Gasteiger partial charge in [0.05, 0.1) is 26.9 Å². The summed E-state index contributed by atoms with van der Waals surface area (Å²) in [5, 5.41) is 0.582. The zero-order valence-electron chi connectivity index (χ0n) is 24.2. The average molecular weight is 579 g/mol. The number of hydrogen-bond donors (Lipinski definition) is 0. The summed E-state index contributed by atoms with van der Waals surface area (Å²) < 4.78 is 33.6. The van der Waals surface area contributed by atoms with Crippen molar-refractivity contribution in [2.24, 2.45) is 0 Å². The van der Waals surface area contributed by atoms with Crippen molar-refractivity contribution in [3.05, 3.63) is 119 Å². The number of aryl methyl sites for hydroxylation is 1. The molecule has 0 spiro atoms. The smallest absolute Gasteiger partial charge is 0.347 e. The van der Waals surface area contributed by atoms with Crippen LogP contribution in [-0.2, 0) is 6.61 Å². The third-order valence-corrected chi connectivity index (χ3v) is 6.78. The van der Waals surface area contributed by atoms with E-state index in [1.807, 2.05) is 30.3 Å². The molecule has 8 nitrogen and oxygen atoms in total. The number of furan rings is 1. The third-order valence-electron chi connectivity index (χ3n) is 6.78. The maximum atomic E-state index is 13.4. The quantitative estimate of drug-likeness (QED) is 0.0690. The van der Waals surface area contributed by atoms with E-state index in [0.29, 0.717) is 63.0 Å². The van der Waals surface area contributed by atoms with Crippen molar-refractivity contribution in [1.29, 1.82) is 0 Å². The molecule has 0 radical (unpaired) electrons. The topological polar surface area (TPSA) is 93.4 Å². The number of carbonyl (C=O) groups excluding carboxylic acids is 2. The number of benzene rings is 4. The summed E-state index contributed by atoms with van der Waals surface area (Å²) in [7, 11) is 4.51. The lowest BCUT2D eigenvalue weighted by atomic mass is 10.1. The first-order valence-corrected chi connectivity index (χ1v) is 13.4. The molecule has 0 N–H and O–H groups in total. The van der Waals surface area contributed by atoms with E-state index >= 15 is 0 Å². The van der Waals surface area contributed by atoms with Gasteiger partial charge in [-0.2, -0.15) is 0 Å². The first-order chi connectivity index (χ1) is 20.9. The van der Waals surface area contributed by atoms with Crippen molar-refractivity contribution in [2.75, 3.05) is 21.3 Å². The van der Waals surface area contributed by atoms with Gasteiger partial charge in [-0.25, -0.2) is 4.79 Å². The second-order valence-corrected chi connectivity index (χ2v) is 9.53. The highest BCUT2D eigenvalue weighted by molar-refractivity contribution is 6.09. The van der Waals surface area contributed by atoms with Crippen LogP contribution in [-0.4, -0.2) is 33.1 Å². The van der Waals surface area contributed by atoms with Crippen LogP contribution < -0.4 is 23.7 Å². The fourth-order valence-electron chi connectivity index (χ4n) is 4.57. The minimum Gasteiger partial charge on any atom is -0.497 e. The highest BCUT2D eigenvalue weighted by Crippen LogP contribution is 2.34. The monoisotopic (exact) mass is 578 g/mol. The summed E-state index contributed by atoms with van der Waals surface area (Å²) in [4.78, 5) is 26.2. The number of carbonyl (C=O) groups is 2. The Morgan fingerprint density at radius 3 is 2.28 bits per heavy atom. The summed E-state index contributed by atoms with van der Waals surface area (Å²) in [6, 6.07) is 25.1. The van der Waals surface area contributed by atoms with Crippen LogP contribution >= 0.6 is 0 Å². The van der Waals surface area contributed by atoms with E-state index in [2.05, 4.69) is 0 Å². The van der Waals surface area contributed by atoms with Crippen molar-refractivity contribution in [3.63, 3.8) is 0 Å². The first-order valence-electron chi connectivity index (χ1n) is 13.4. The van der Waals surface area contributed by atoms with Crippen molar-refractivity contribution >= 4 is 28.8 Å². The maximum absolute atomic E-state index is 13.4. The van der Waals surface area contributed by atoms with Gasteiger partial charge >= 0.3 is 5.97 Å². The molecular formula is C35H30O8. The molecule has 0 atom stereocenters. The third kappa shape index (κ3) is 6.54. The summed E-state index contributed by atoms with van der Waals surface area (Å²) in [5.74, 6) is 1.71. The maximum Gasteiger partial charge on any atom is 0.347 e. The minimum absolute atomic E-state index is 0.220. The number of hydrogen-bond acceptors (Lipinski definition) is 8. The molecule has 1 aromatic heterocycles. The van der Waals surface area contributed by atoms with Crippen molar-refractivity contribution in [2.45, 2.75) is 13.5 Å². The Morgan fingerprint density at radius 1 is 0.767 bits per heavy atom. The highest BCUT2D eigenvalue weighted by Gasteiger charge is 2.22. The molecule has 0 aliphatic carbocycles. The van der Waals surface area contributed by atoms with Gasteiger partial charge < -0.3 is 28.1 Å². The predicted octanol–water partition coefficient (Wildman–Crippen LogP) is 7.46. The SMILES string of the molecule is COc1ccc(C(=O)C=Cc2ccc(OC(=O)c3c(C)oc4ccc(OCc5ccccc5)cc34)c(OC)c2)c(OC)c1. The first kappa shape index (κ1) is 29.0. The molecule has 0 amide bonds. The van der Waals surface area contributed by atoms with Gasteiger partial charge in [-0.15, -0.1) is 0 Å². The van der Waals surface area contributed by atoms with Crippen LogP contribution in [0.1, 0.15) is 37.6 Å². The molecule has 5 aromatic rings. The molecule has 43 heavy (non-hydrogen) atoms. The Hall–Kier alpha value is -5.50. The van der Waals surface area contributed by atoms with Crippen molar-refractivity contribution < 1.29 is 37.7 Å². The molecule has 0 bridgehead atoms. The van der Waals surface area contributed by atoms with Crippen LogP contribution in [0, 0.1) is 6.92 Å². The number of esters is 1. The van der Waals surface area contributed by atoms with Crippen LogP contribution in [0.4, 0.5) is 0 Å². The summed E-state index contributed by atoms with van der Waals surface area (Å²) in [6.45, 7) is 2.10. The van der Waals surface area contributed by atoms with E-state index in [-0.39, 0.29) is 11.5 Å². The fraction of sp³-hybridized carbons (Fsp3) is 0.143. The Bertz CT molecular complexity index is 1800. The lowest BCUT2D eigenvalue weighted by Gasteiger charge is -2.10. The van der Waals surface area contributed by atoms with Crippen molar-refractivity contribution in [1.82, 2.24) is 0 Å². The second kappa shape index (κ2) is 13.0. The molecule has 0 fully saturated rings. The standard InChI is InChI=1S/C35H30O8/c1-22-34(28-19-26(13-17-30(28)42-22)41-21-24-8-6-5-7-9-24)35(37)43-31-16-11-23(18-33(31)40-4)10-15-29(36)27-14-12-25(38-2)20-32(27)39-3/h5-20H,21H2,1-4H3. The summed E-state index contributed by atoms with van der Waals surface area (Å²) in [5.41, 5.74) is 2.93. The van der Waals surface area contributed by atoms with E-state index in [4.69, 9.17) is 28.1 Å². The number of methoxy groups -OCH3 is 3. The number of fused-ring (bicyclic) bond motifs is 1. The number of allylic oxidation sites excluding steroid dienone is 1. The Morgan fingerprint density at radius 2 is 1.53 bits per heavy atom. The van der Waals surface area contributed by atoms with Gasteiger partial charge in [0.15, 0.2) is 17.3 Å². The molecule has 1 heterocycles. The zero-order valence-corrected chi connectivity index (χ0v) is 24.2. The normalized spacial score (nSPS) is 11.0. The molecule has 0 saturated heterocycles. The lowest BCUT2D eigenvalue weighted by molar-refractivity contribution is 0.0729. The van der Waals surface area contributed by atoms with Crippen molar-refractivity contribution in [3.8, 4) is 28.7 Å². The van der Waals surface area contributed by atoms with E-state index < -0.39 is 5.97 Å². The van der Waals surface area contributed by atoms with Gasteiger partial charge in [-0.1, -0.05) is 42.5 Å². The number of ether oxygens (including phenoxy) is 5. The van der Waals surface area contributed by atoms with Gasteiger partial charge in [-0.3, -0.25) is 4.79 Å². The number of ketones is 1. The summed E-state index contributed by atoms with van der Waals surface area (Å²) >= 11 is 0. The highest BCUT2D eigenvalue weighted by atomic mass is 16.6. The lowest BCUT2D eigenvalue weighted by Crippen LogP contribution is -2.10. The van der Waals surface area contributed by atoms with Crippen LogP contribution in [0.5, 0.6) is 28.7 Å². The minimum atomic E-state index is -0.597. The molecule has 218 valence electrons. The number of rotatable bonds is 11. The largest absolute Gasteiger partial charge is 0.497 e. The Kier molecular flexibility index (Phi) is 8.77. The van der Waals surface area contributed by atoms with Gasteiger partial charge in [0.1, 0.15) is 40.8 Å². The van der Waals surface area contributed by atoms with E-state index in [9.17, 15) is 9.59 Å². The molecule has 0 aliphatic rings. The van der Waals surface area contributed by atoms with E-state index in [1.165, 1.54) is 20.3 Å². The molecule has 8 heteroatoms. The molecular weight excluding hydrogens is 548 g/mol. The van der Waals surface area contributed by atoms with Gasteiger partial charge in [0.25, 0.3) is 0 Å². The van der Waals surface area contributed by atoms with Gasteiger partial charge in [0.2, 0.25) is 0 Å². The van der Waals surface area contributed by atoms with Gasteiger partial charge in [0, 0.05) is 11.5 Å². The molecule has 0 aliphatic heterocycles. The van der Waals surface area contributed by atoms with E-state index in [0.717, 1.165) is 5.56 Å². The van der Waals surface area contributed by atoms with Crippen LogP contribution in [0.2, 0.25) is 0 Å². The predicted molar refractivity (Wildman–Crippen MR) is 163 cm³/mol. The second-order valence-electron chi connectivity index (χ2n) is 9.53. The van der Waals surface area contributed by atoms with Gasteiger partial charge in [-0.05, 0) is 66.6 Å². The molecule has 0 unspecified atom stereocenters. The van der Waals surface area contributed by atoms with Crippen LogP contribution in [0.3, 0.4) is 0 Å². The summed E-state index contributed by atoms with van der Waals surface area (Å²) in [6.07, 6.45) is 3.08. The fourth-order valence-corrected chi connectivity index (χ4v) is 4.57. The van der Waals surface area contributed by atoms with E-state index in [1.54, 1.807) is 74.7 Å².